The SMILES string of the molecule is NC1NC(=S)NN=C1n1c(-c2ccccc2)c(C(=O)O)c2cc(F)ccc21. The van der Waals surface area contributed by atoms with Crippen LogP contribution in [0.25, 0.3) is 22.2 Å². The molecular formula is C18H14FN5O2S. The van der Waals surface area contributed by atoms with Gasteiger partial charge in [0, 0.05) is 5.39 Å². The zero-order valence-corrected chi connectivity index (χ0v) is 14.6. The molecule has 9 heteroatoms. The third-order valence-electron chi connectivity index (χ3n) is 4.26. The smallest absolute Gasteiger partial charge is 0.338 e. The monoisotopic (exact) mass is 383 g/mol. The fraction of sp³-hybridized carbons (Fsp3) is 0.0556. The highest BCUT2D eigenvalue weighted by Crippen LogP contribution is 2.34. The maximum Gasteiger partial charge on any atom is 0.338 e. The Kier molecular flexibility index (Phi) is 4.09. The van der Waals surface area contributed by atoms with Gasteiger partial charge in [0.05, 0.1) is 16.8 Å². The van der Waals surface area contributed by atoms with Gasteiger partial charge in [0.1, 0.15) is 12.0 Å². The van der Waals surface area contributed by atoms with Gasteiger partial charge in [-0.3, -0.25) is 9.99 Å². The van der Waals surface area contributed by atoms with Gasteiger partial charge < -0.3 is 16.2 Å². The second kappa shape index (κ2) is 6.45. The number of nitrogens with two attached hydrogens (primary N) is 1. The topological polar surface area (TPSA) is 105 Å². The third-order valence-corrected chi connectivity index (χ3v) is 4.47. The number of nitrogens with zero attached hydrogens (tertiary/aromatic N) is 2. The van der Waals surface area contributed by atoms with Gasteiger partial charge in [0.15, 0.2) is 10.9 Å². The molecule has 0 bridgehead atoms. The minimum absolute atomic E-state index is 0.0289. The first-order valence-electron chi connectivity index (χ1n) is 8.00. The van der Waals surface area contributed by atoms with Crippen LogP contribution in [0.3, 0.4) is 0 Å². The number of carboxylic acids is 1. The van der Waals surface area contributed by atoms with Crippen LogP contribution in [0.15, 0.2) is 53.6 Å². The highest BCUT2D eigenvalue weighted by atomic mass is 32.1. The van der Waals surface area contributed by atoms with Crippen molar-refractivity contribution < 1.29 is 14.3 Å². The van der Waals surface area contributed by atoms with Gasteiger partial charge in [-0.1, -0.05) is 30.3 Å². The molecule has 0 amide bonds. The number of aromatic carboxylic acids is 1. The number of fused-ring (bicyclic) bond motifs is 1. The van der Waals surface area contributed by atoms with Crippen LogP contribution in [0.2, 0.25) is 0 Å². The summed E-state index contributed by atoms with van der Waals surface area (Å²) in [4.78, 5) is 12.1. The van der Waals surface area contributed by atoms with Crippen LogP contribution in [0.1, 0.15) is 10.4 Å². The first-order chi connectivity index (χ1) is 13.0. The van der Waals surface area contributed by atoms with Crippen molar-refractivity contribution in [2.75, 3.05) is 0 Å². The van der Waals surface area contributed by atoms with Crippen LogP contribution >= 0.6 is 12.2 Å². The van der Waals surface area contributed by atoms with Crippen LogP contribution < -0.4 is 16.5 Å². The number of aromatic nitrogens is 1. The normalized spacial score (nSPS) is 16.6. The Morgan fingerprint density at radius 2 is 2.00 bits per heavy atom. The van der Waals surface area contributed by atoms with Gasteiger partial charge in [-0.25, -0.2) is 9.18 Å². The lowest BCUT2D eigenvalue weighted by atomic mass is 10.1. The number of carboxylic acid groups (broad SMARTS) is 1. The Bertz CT molecular complexity index is 1110. The first-order valence-corrected chi connectivity index (χ1v) is 8.41. The predicted molar refractivity (Wildman–Crippen MR) is 104 cm³/mol. The van der Waals surface area contributed by atoms with E-state index < -0.39 is 18.0 Å². The third kappa shape index (κ3) is 2.82. The molecule has 27 heavy (non-hydrogen) atoms. The Balaban J connectivity index is 2.14. The van der Waals surface area contributed by atoms with Crippen molar-refractivity contribution in [3.8, 4) is 11.3 Å². The Labute approximate surface area is 158 Å². The molecule has 1 atom stereocenters. The van der Waals surface area contributed by atoms with Gasteiger partial charge >= 0.3 is 5.97 Å². The molecule has 0 spiro atoms. The number of rotatable bonds is 2. The van der Waals surface area contributed by atoms with E-state index in [1.54, 1.807) is 28.8 Å². The van der Waals surface area contributed by atoms with E-state index in [-0.39, 0.29) is 16.1 Å². The molecule has 1 unspecified atom stereocenters. The van der Waals surface area contributed by atoms with E-state index in [1.165, 1.54) is 18.2 Å². The lowest BCUT2D eigenvalue weighted by Gasteiger charge is -2.25. The second-order valence-corrected chi connectivity index (χ2v) is 6.33. The van der Waals surface area contributed by atoms with Crippen molar-refractivity contribution in [3.05, 3.63) is 59.9 Å². The van der Waals surface area contributed by atoms with E-state index in [0.717, 1.165) is 0 Å². The zero-order valence-electron chi connectivity index (χ0n) is 13.8. The Morgan fingerprint density at radius 3 is 2.67 bits per heavy atom. The van der Waals surface area contributed by atoms with Crippen molar-refractivity contribution in [2.24, 2.45) is 10.8 Å². The number of carbonyl (C=O) groups is 1. The van der Waals surface area contributed by atoms with Crippen molar-refractivity contribution in [1.82, 2.24) is 15.3 Å². The van der Waals surface area contributed by atoms with Gasteiger partial charge in [0.2, 0.25) is 0 Å². The number of hydrogen-bond donors (Lipinski definition) is 4. The van der Waals surface area contributed by atoms with Gasteiger partial charge in [-0.15, -0.1) is 0 Å². The standard InChI is InChI=1S/C18H14FN5O2S/c19-10-6-7-12-11(8-10)13(17(25)26)14(9-4-2-1-3-5-9)24(12)16-15(20)21-18(27)23-22-16/h1-8,15H,20H2,(H,25,26)(H2,21,23,27). The Morgan fingerprint density at radius 1 is 1.26 bits per heavy atom. The number of nitrogens with one attached hydrogen (secondary N) is 2. The minimum Gasteiger partial charge on any atom is -0.478 e. The molecule has 0 saturated heterocycles. The summed E-state index contributed by atoms with van der Waals surface area (Å²) in [5.74, 6) is -1.40. The highest BCUT2D eigenvalue weighted by molar-refractivity contribution is 7.80. The number of hydrogen-bond acceptors (Lipinski definition) is 4. The largest absolute Gasteiger partial charge is 0.478 e. The van der Waals surface area contributed by atoms with Crippen LogP contribution in [0, 0.1) is 5.82 Å². The summed E-state index contributed by atoms with van der Waals surface area (Å²) in [5.41, 5.74) is 10.2. The average molecular weight is 383 g/mol. The summed E-state index contributed by atoms with van der Waals surface area (Å²) >= 11 is 5.01. The van der Waals surface area contributed by atoms with Crippen LogP contribution in [-0.4, -0.2) is 32.8 Å². The molecular weight excluding hydrogens is 369 g/mol. The van der Waals surface area contributed by atoms with E-state index in [2.05, 4.69) is 15.8 Å². The molecule has 5 N–H and O–H groups in total. The van der Waals surface area contributed by atoms with E-state index in [9.17, 15) is 14.3 Å². The fourth-order valence-electron chi connectivity index (χ4n) is 3.19. The van der Waals surface area contributed by atoms with Crippen molar-refractivity contribution >= 4 is 40.0 Å². The number of thiocarbonyl (C=S) groups is 1. The molecule has 136 valence electrons. The summed E-state index contributed by atoms with van der Waals surface area (Å²) < 4.78 is 15.5. The van der Waals surface area contributed by atoms with Crippen molar-refractivity contribution in [1.29, 1.82) is 0 Å². The van der Waals surface area contributed by atoms with Crippen LogP contribution in [0.5, 0.6) is 0 Å². The maximum absolute atomic E-state index is 13.9. The van der Waals surface area contributed by atoms with Crippen molar-refractivity contribution in [2.45, 2.75) is 6.17 Å². The van der Waals surface area contributed by atoms with Crippen molar-refractivity contribution in [3.63, 3.8) is 0 Å². The van der Waals surface area contributed by atoms with Gasteiger partial charge in [-0.2, -0.15) is 5.10 Å². The molecule has 1 aromatic heterocycles. The zero-order chi connectivity index (χ0) is 19.1. The number of halogens is 1. The highest BCUT2D eigenvalue weighted by Gasteiger charge is 2.29. The first kappa shape index (κ1) is 17.1. The summed E-state index contributed by atoms with van der Waals surface area (Å²) in [7, 11) is 0. The summed E-state index contributed by atoms with van der Waals surface area (Å²) in [6.45, 7) is 0. The van der Waals surface area contributed by atoms with E-state index in [4.69, 9.17) is 18.0 Å². The number of benzene rings is 2. The molecule has 1 aliphatic heterocycles. The van der Waals surface area contributed by atoms with Crippen LogP contribution in [-0.2, 0) is 0 Å². The average Bonchev–Trinajstić information content (AvgIpc) is 2.96. The lowest BCUT2D eigenvalue weighted by molar-refractivity contribution is 0.0700. The molecule has 2 aromatic carbocycles. The lowest BCUT2D eigenvalue weighted by Crippen LogP contribution is -2.56. The summed E-state index contributed by atoms with van der Waals surface area (Å²) in [6, 6.07) is 12.9. The van der Waals surface area contributed by atoms with E-state index in [0.29, 0.717) is 22.6 Å². The summed E-state index contributed by atoms with van der Waals surface area (Å²) in [6.07, 6.45) is -0.775. The van der Waals surface area contributed by atoms with E-state index in [1.807, 2.05) is 6.07 Å². The van der Waals surface area contributed by atoms with Crippen LogP contribution in [0.4, 0.5) is 4.39 Å². The molecule has 4 rings (SSSR count). The minimum atomic E-state index is -1.18. The van der Waals surface area contributed by atoms with Gasteiger partial charge in [-0.05, 0) is 36.0 Å². The molecule has 0 radical (unpaired) electrons. The molecule has 1 aliphatic rings. The molecule has 3 aromatic rings. The summed E-state index contributed by atoms with van der Waals surface area (Å²) in [5, 5.41) is 17.4. The molecule has 0 aliphatic carbocycles. The molecule has 0 saturated carbocycles. The second-order valence-electron chi connectivity index (χ2n) is 5.92. The molecule has 2 heterocycles. The Hall–Kier alpha value is -3.30. The predicted octanol–water partition coefficient (Wildman–Crippen LogP) is 2.07. The van der Waals surface area contributed by atoms with E-state index >= 15 is 0 Å². The molecule has 7 nitrogen and oxygen atoms in total. The maximum atomic E-state index is 13.9. The number of hydrazone groups is 1. The fourth-order valence-corrected chi connectivity index (χ4v) is 3.36. The van der Waals surface area contributed by atoms with Gasteiger partial charge in [0.25, 0.3) is 0 Å². The quantitative estimate of drug-likeness (QED) is 0.505. The molecule has 0 fully saturated rings.